The number of rotatable bonds is 6. The molecule has 0 saturated heterocycles. The van der Waals surface area contributed by atoms with E-state index in [0.29, 0.717) is 18.9 Å². The summed E-state index contributed by atoms with van der Waals surface area (Å²) in [7, 11) is 0. The third kappa shape index (κ3) is 4.50. The number of amides is 1. The molecule has 0 aliphatic carbocycles. The third-order valence-corrected chi connectivity index (χ3v) is 3.76. The number of aryl methyl sites for hydroxylation is 2. The van der Waals surface area contributed by atoms with Crippen LogP contribution >= 0.6 is 0 Å². The van der Waals surface area contributed by atoms with E-state index in [0.717, 1.165) is 5.56 Å². The van der Waals surface area contributed by atoms with E-state index in [1.165, 1.54) is 11.6 Å². The fourth-order valence-electron chi connectivity index (χ4n) is 2.32. The molecule has 0 spiro atoms. The highest BCUT2D eigenvalue weighted by molar-refractivity contribution is 5.76. The molecule has 1 amide bonds. The molecule has 6 heteroatoms. The van der Waals surface area contributed by atoms with Crippen LogP contribution in [0.1, 0.15) is 23.4 Å². The average Bonchev–Trinajstić information content (AvgIpc) is 3.08. The van der Waals surface area contributed by atoms with Gasteiger partial charge in [-0.2, -0.15) is 4.98 Å². The molecule has 3 rings (SSSR count). The number of hydrogen-bond acceptors (Lipinski definition) is 4. The Hall–Kier alpha value is -3.02. The summed E-state index contributed by atoms with van der Waals surface area (Å²) in [6.07, 6.45) is 0.534. The minimum atomic E-state index is -0.411. The first-order valence-electron chi connectivity index (χ1n) is 8.01. The van der Waals surface area contributed by atoms with Crippen molar-refractivity contribution in [3.63, 3.8) is 0 Å². The van der Waals surface area contributed by atoms with Crippen LogP contribution in [0.3, 0.4) is 0 Å². The fourth-order valence-corrected chi connectivity index (χ4v) is 2.32. The zero-order chi connectivity index (χ0) is 17.6. The second-order valence-corrected chi connectivity index (χ2v) is 5.75. The number of nitrogens with zero attached hydrogens (tertiary/aromatic N) is 2. The maximum absolute atomic E-state index is 13.7. The van der Waals surface area contributed by atoms with E-state index < -0.39 is 5.82 Å². The zero-order valence-electron chi connectivity index (χ0n) is 13.8. The van der Waals surface area contributed by atoms with Crippen molar-refractivity contribution in [3.8, 4) is 11.4 Å². The molecule has 1 aromatic heterocycles. The van der Waals surface area contributed by atoms with Gasteiger partial charge in [0.15, 0.2) is 0 Å². The Kier molecular flexibility index (Phi) is 5.18. The summed E-state index contributed by atoms with van der Waals surface area (Å²) in [6.45, 7) is 2.49. The van der Waals surface area contributed by atoms with Gasteiger partial charge in [-0.25, -0.2) is 4.39 Å². The molecule has 128 valence electrons. The minimum Gasteiger partial charge on any atom is -0.352 e. The van der Waals surface area contributed by atoms with Crippen LogP contribution in [0.2, 0.25) is 0 Å². The molecule has 0 atom stereocenters. The largest absolute Gasteiger partial charge is 0.352 e. The first kappa shape index (κ1) is 16.8. The van der Waals surface area contributed by atoms with Gasteiger partial charge in [-0.05, 0) is 24.6 Å². The second kappa shape index (κ2) is 7.70. The number of halogens is 1. The molecular weight excluding hydrogens is 321 g/mol. The predicted molar refractivity (Wildman–Crippen MR) is 91.0 cm³/mol. The molecule has 2 aromatic carbocycles. The first-order valence-corrected chi connectivity index (χ1v) is 8.01. The van der Waals surface area contributed by atoms with Gasteiger partial charge >= 0.3 is 0 Å². The van der Waals surface area contributed by atoms with Crippen LogP contribution in [0.25, 0.3) is 11.4 Å². The van der Waals surface area contributed by atoms with Crippen LogP contribution in [-0.2, 0) is 17.8 Å². The summed E-state index contributed by atoms with van der Waals surface area (Å²) in [4.78, 5) is 16.1. The summed E-state index contributed by atoms with van der Waals surface area (Å²) in [6, 6.07) is 14.2. The van der Waals surface area contributed by atoms with E-state index in [1.54, 1.807) is 18.2 Å². The Balaban J connectivity index is 1.51. The van der Waals surface area contributed by atoms with Gasteiger partial charge < -0.3 is 9.84 Å². The highest BCUT2D eigenvalue weighted by atomic mass is 19.1. The molecule has 0 fully saturated rings. The van der Waals surface area contributed by atoms with Gasteiger partial charge in [0.1, 0.15) is 5.82 Å². The monoisotopic (exact) mass is 339 g/mol. The van der Waals surface area contributed by atoms with E-state index in [9.17, 15) is 9.18 Å². The molecule has 1 N–H and O–H groups in total. The van der Waals surface area contributed by atoms with Gasteiger partial charge in [-0.15, -0.1) is 0 Å². The van der Waals surface area contributed by atoms with E-state index >= 15 is 0 Å². The fraction of sp³-hybridized carbons (Fsp3) is 0.211. The molecule has 0 saturated carbocycles. The topological polar surface area (TPSA) is 68.0 Å². The third-order valence-electron chi connectivity index (χ3n) is 3.76. The summed E-state index contributed by atoms with van der Waals surface area (Å²) in [5.74, 6) is -0.0196. The molecular formula is C19H18FN3O2. The Morgan fingerprint density at radius 1 is 1.16 bits per heavy atom. The van der Waals surface area contributed by atoms with Gasteiger partial charge in [-0.1, -0.05) is 47.1 Å². The predicted octanol–water partition coefficient (Wildman–Crippen LogP) is 3.43. The standard InChI is InChI=1S/C19H18FN3O2/c1-13-6-8-14(9-7-13)12-21-17(24)10-11-18-22-19(23-25-18)15-4-2-3-5-16(15)20/h2-9H,10-12H2,1H3,(H,21,24). The van der Waals surface area contributed by atoms with Crippen LogP contribution in [0.15, 0.2) is 53.1 Å². The highest BCUT2D eigenvalue weighted by Crippen LogP contribution is 2.19. The smallest absolute Gasteiger partial charge is 0.227 e. The Labute approximate surface area is 144 Å². The second-order valence-electron chi connectivity index (χ2n) is 5.75. The zero-order valence-corrected chi connectivity index (χ0v) is 13.8. The molecule has 0 radical (unpaired) electrons. The highest BCUT2D eigenvalue weighted by Gasteiger charge is 2.13. The Bertz CT molecular complexity index is 859. The lowest BCUT2D eigenvalue weighted by atomic mass is 10.1. The van der Waals surface area contributed by atoms with Gasteiger partial charge in [0.25, 0.3) is 0 Å². The van der Waals surface area contributed by atoms with Crippen molar-refractivity contribution in [1.29, 1.82) is 0 Å². The molecule has 5 nitrogen and oxygen atoms in total. The number of carbonyl (C=O) groups is 1. The van der Waals surface area contributed by atoms with Crippen molar-refractivity contribution in [2.24, 2.45) is 0 Å². The molecule has 25 heavy (non-hydrogen) atoms. The number of carbonyl (C=O) groups excluding carboxylic acids is 1. The van der Waals surface area contributed by atoms with E-state index in [-0.39, 0.29) is 23.7 Å². The molecule has 1 heterocycles. The molecule has 3 aromatic rings. The van der Waals surface area contributed by atoms with E-state index in [1.807, 2.05) is 31.2 Å². The number of aromatic nitrogens is 2. The van der Waals surface area contributed by atoms with Crippen molar-refractivity contribution in [1.82, 2.24) is 15.5 Å². The minimum absolute atomic E-state index is 0.105. The average molecular weight is 339 g/mol. The van der Waals surface area contributed by atoms with Gasteiger partial charge in [0, 0.05) is 19.4 Å². The number of hydrogen-bond donors (Lipinski definition) is 1. The lowest BCUT2D eigenvalue weighted by Gasteiger charge is -2.04. The van der Waals surface area contributed by atoms with Crippen LogP contribution < -0.4 is 5.32 Å². The van der Waals surface area contributed by atoms with Crippen LogP contribution in [0, 0.1) is 12.7 Å². The summed E-state index contributed by atoms with van der Waals surface area (Å²) < 4.78 is 18.8. The number of benzene rings is 2. The van der Waals surface area contributed by atoms with Crippen LogP contribution in [-0.4, -0.2) is 16.0 Å². The Morgan fingerprint density at radius 2 is 1.92 bits per heavy atom. The van der Waals surface area contributed by atoms with Gasteiger partial charge in [0.05, 0.1) is 5.56 Å². The van der Waals surface area contributed by atoms with Crippen LogP contribution in [0.5, 0.6) is 0 Å². The summed E-state index contributed by atoms with van der Waals surface area (Å²) in [5.41, 5.74) is 2.50. The van der Waals surface area contributed by atoms with Crippen molar-refractivity contribution >= 4 is 5.91 Å². The molecule has 0 bridgehead atoms. The Morgan fingerprint density at radius 3 is 2.68 bits per heavy atom. The van der Waals surface area contributed by atoms with Gasteiger partial charge in [0.2, 0.25) is 17.6 Å². The van der Waals surface area contributed by atoms with E-state index in [4.69, 9.17) is 4.52 Å². The summed E-state index contributed by atoms with van der Waals surface area (Å²) >= 11 is 0. The quantitative estimate of drug-likeness (QED) is 0.747. The lowest BCUT2D eigenvalue weighted by Crippen LogP contribution is -2.23. The molecule has 0 aliphatic heterocycles. The number of nitrogens with one attached hydrogen (secondary N) is 1. The maximum Gasteiger partial charge on any atom is 0.227 e. The first-order chi connectivity index (χ1) is 12.1. The lowest BCUT2D eigenvalue weighted by molar-refractivity contribution is -0.121. The molecule has 0 unspecified atom stereocenters. The van der Waals surface area contributed by atoms with Crippen molar-refractivity contribution in [3.05, 3.63) is 71.4 Å². The van der Waals surface area contributed by atoms with Crippen molar-refractivity contribution in [2.75, 3.05) is 0 Å². The SMILES string of the molecule is Cc1ccc(CNC(=O)CCc2nc(-c3ccccc3F)no2)cc1. The summed E-state index contributed by atoms with van der Waals surface area (Å²) in [5, 5.41) is 6.62. The maximum atomic E-state index is 13.7. The van der Waals surface area contributed by atoms with Gasteiger partial charge in [-0.3, -0.25) is 4.79 Å². The van der Waals surface area contributed by atoms with Crippen molar-refractivity contribution < 1.29 is 13.7 Å². The molecule has 0 aliphatic rings. The van der Waals surface area contributed by atoms with Crippen LogP contribution in [0.4, 0.5) is 4.39 Å². The van der Waals surface area contributed by atoms with Crippen molar-refractivity contribution in [2.45, 2.75) is 26.3 Å². The van der Waals surface area contributed by atoms with E-state index in [2.05, 4.69) is 15.5 Å². The normalized spacial score (nSPS) is 10.6.